The summed E-state index contributed by atoms with van der Waals surface area (Å²) in [5.74, 6) is -0.218. The highest BCUT2D eigenvalue weighted by Crippen LogP contribution is 2.36. The lowest BCUT2D eigenvalue weighted by Gasteiger charge is -2.21. The van der Waals surface area contributed by atoms with Gasteiger partial charge in [-0.05, 0) is 34.3 Å². The van der Waals surface area contributed by atoms with Crippen molar-refractivity contribution in [2.45, 2.75) is 19.0 Å². The third kappa shape index (κ3) is 3.01. The molecule has 0 saturated heterocycles. The predicted octanol–water partition coefficient (Wildman–Crippen LogP) is 3.96. The van der Waals surface area contributed by atoms with E-state index in [4.69, 9.17) is 0 Å². The number of aromatic nitrogens is 2. The van der Waals surface area contributed by atoms with Crippen LogP contribution in [0.15, 0.2) is 62.7 Å². The highest BCUT2D eigenvalue weighted by Gasteiger charge is 2.34. The molecule has 1 aliphatic heterocycles. The molecule has 28 heavy (non-hydrogen) atoms. The Labute approximate surface area is 172 Å². The van der Waals surface area contributed by atoms with E-state index in [1.165, 1.54) is 27.2 Å². The first-order valence-electron chi connectivity index (χ1n) is 8.60. The quantitative estimate of drug-likeness (QED) is 0.496. The molecule has 1 amide bonds. The fraction of sp³-hybridized carbons (Fsp3) is 0.158. The zero-order chi connectivity index (χ0) is 19.1. The SMILES string of the molecule is O=C(Cn1cnc2ccsc2c1=O)N1N=C(c2cccs2)C[C@H]1c1cccs1. The maximum absolute atomic E-state index is 13.1. The maximum Gasteiger partial charge on any atom is 0.271 e. The molecule has 0 N–H and O–H groups in total. The van der Waals surface area contributed by atoms with Crippen molar-refractivity contribution in [1.29, 1.82) is 0 Å². The molecular formula is C19H14N4O2S3. The highest BCUT2D eigenvalue weighted by molar-refractivity contribution is 7.17. The molecule has 0 fully saturated rings. The van der Waals surface area contributed by atoms with Gasteiger partial charge in [0.25, 0.3) is 11.5 Å². The molecule has 140 valence electrons. The van der Waals surface area contributed by atoms with Gasteiger partial charge in [0.15, 0.2) is 0 Å². The Balaban J connectivity index is 1.48. The van der Waals surface area contributed by atoms with Crippen molar-refractivity contribution in [2.24, 2.45) is 5.10 Å². The second-order valence-corrected chi connectivity index (χ2v) is 9.15. The van der Waals surface area contributed by atoms with Crippen LogP contribution in [-0.2, 0) is 11.3 Å². The van der Waals surface area contributed by atoms with E-state index in [1.807, 2.05) is 40.4 Å². The molecular weight excluding hydrogens is 412 g/mol. The molecule has 0 aromatic carbocycles. The van der Waals surface area contributed by atoms with Gasteiger partial charge in [-0.3, -0.25) is 14.2 Å². The van der Waals surface area contributed by atoms with E-state index >= 15 is 0 Å². The first-order valence-corrected chi connectivity index (χ1v) is 11.2. The van der Waals surface area contributed by atoms with Gasteiger partial charge < -0.3 is 0 Å². The van der Waals surface area contributed by atoms with Crippen molar-refractivity contribution in [3.05, 3.63) is 72.9 Å². The molecule has 4 aromatic rings. The molecule has 0 unspecified atom stereocenters. The third-order valence-corrected chi connectivity index (χ3v) is 7.37. The lowest BCUT2D eigenvalue weighted by atomic mass is 10.1. The Hall–Kier alpha value is -2.62. The molecule has 0 saturated carbocycles. The van der Waals surface area contributed by atoms with E-state index in [2.05, 4.69) is 10.1 Å². The molecule has 0 radical (unpaired) electrons. The van der Waals surface area contributed by atoms with Gasteiger partial charge >= 0.3 is 0 Å². The molecule has 4 aromatic heterocycles. The third-order valence-electron chi connectivity index (χ3n) is 4.58. The molecule has 0 aliphatic carbocycles. The molecule has 1 aliphatic rings. The first kappa shape index (κ1) is 17.5. The molecule has 5 heterocycles. The average Bonchev–Trinajstić information content (AvgIpc) is 3.48. The van der Waals surface area contributed by atoms with Crippen molar-refractivity contribution in [2.75, 3.05) is 0 Å². The maximum atomic E-state index is 13.1. The number of rotatable bonds is 4. The minimum atomic E-state index is -0.218. The van der Waals surface area contributed by atoms with Crippen LogP contribution in [0.4, 0.5) is 0 Å². The predicted molar refractivity (Wildman–Crippen MR) is 113 cm³/mol. The molecule has 0 bridgehead atoms. The fourth-order valence-electron chi connectivity index (χ4n) is 3.24. The van der Waals surface area contributed by atoms with Gasteiger partial charge in [0.05, 0.1) is 28.5 Å². The number of hydrogen-bond donors (Lipinski definition) is 0. The topological polar surface area (TPSA) is 67.6 Å². The van der Waals surface area contributed by atoms with Gasteiger partial charge in [0.1, 0.15) is 11.2 Å². The monoisotopic (exact) mass is 426 g/mol. The van der Waals surface area contributed by atoms with Crippen LogP contribution in [0.2, 0.25) is 0 Å². The van der Waals surface area contributed by atoms with Gasteiger partial charge in [-0.25, -0.2) is 9.99 Å². The normalized spacial score (nSPS) is 16.6. The Kier molecular flexibility index (Phi) is 4.42. The lowest BCUT2D eigenvalue weighted by molar-refractivity contribution is -0.133. The van der Waals surface area contributed by atoms with Crippen LogP contribution in [0.5, 0.6) is 0 Å². The number of hydrogen-bond acceptors (Lipinski definition) is 7. The standard InChI is InChI=1S/C19H14N4O2S3/c24-17(10-22-11-20-12-5-8-28-18(12)19(22)25)23-14(16-4-2-7-27-16)9-13(21-23)15-3-1-6-26-15/h1-8,11,14H,9-10H2/t14-/m0/s1. The Morgan fingerprint density at radius 3 is 2.75 bits per heavy atom. The van der Waals surface area contributed by atoms with Gasteiger partial charge in [-0.2, -0.15) is 5.10 Å². The van der Waals surface area contributed by atoms with Crippen LogP contribution < -0.4 is 5.56 Å². The summed E-state index contributed by atoms with van der Waals surface area (Å²) in [6, 6.07) is 9.66. The Morgan fingerprint density at radius 2 is 1.96 bits per heavy atom. The summed E-state index contributed by atoms with van der Waals surface area (Å²) in [4.78, 5) is 32.2. The summed E-state index contributed by atoms with van der Waals surface area (Å²) in [5, 5.41) is 12.0. The summed E-state index contributed by atoms with van der Waals surface area (Å²) in [6.07, 6.45) is 2.11. The van der Waals surface area contributed by atoms with Crippen LogP contribution in [0.25, 0.3) is 10.2 Å². The summed E-state index contributed by atoms with van der Waals surface area (Å²) < 4.78 is 1.93. The number of carbonyl (C=O) groups is 1. The number of nitrogens with zero attached hydrogens (tertiary/aromatic N) is 4. The van der Waals surface area contributed by atoms with Crippen LogP contribution in [0.1, 0.15) is 22.2 Å². The number of amides is 1. The number of hydrazone groups is 1. The van der Waals surface area contributed by atoms with Crippen molar-refractivity contribution in [1.82, 2.24) is 14.6 Å². The fourth-order valence-corrected chi connectivity index (χ4v) is 5.57. The molecule has 5 rings (SSSR count). The van der Waals surface area contributed by atoms with E-state index in [1.54, 1.807) is 28.7 Å². The number of thiophene rings is 3. The van der Waals surface area contributed by atoms with E-state index in [0.717, 1.165) is 15.5 Å². The van der Waals surface area contributed by atoms with Crippen LogP contribution in [0, 0.1) is 0 Å². The van der Waals surface area contributed by atoms with Crippen LogP contribution >= 0.6 is 34.0 Å². The van der Waals surface area contributed by atoms with Crippen LogP contribution in [-0.4, -0.2) is 26.2 Å². The van der Waals surface area contributed by atoms with Gasteiger partial charge in [0, 0.05) is 11.3 Å². The molecule has 1 atom stereocenters. The van der Waals surface area contributed by atoms with Crippen LogP contribution in [0.3, 0.4) is 0 Å². The van der Waals surface area contributed by atoms with Gasteiger partial charge in [-0.1, -0.05) is 12.1 Å². The second kappa shape index (κ2) is 7.08. The largest absolute Gasteiger partial charge is 0.288 e. The van der Waals surface area contributed by atoms with Crippen molar-refractivity contribution >= 4 is 55.8 Å². The summed E-state index contributed by atoms with van der Waals surface area (Å²) >= 11 is 4.56. The number of fused-ring (bicyclic) bond motifs is 1. The molecule has 0 spiro atoms. The Morgan fingerprint density at radius 1 is 1.11 bits per heavy atom. The minimum Gasteiger partial charge on any atom is -0.288 e. The number of carbonyl (C=O) groups excluding carboxylic acids is 1. The van der Waals surface area contributed by atoms with Crippen molar-refractivity contribution in [3.63, 3.8) is 0 Å². The summed E-state index contributed by atoms with van der Waals surface area (Å²) in [7, 11) is 0. The highest BCUT2D eigenvalue weighted by atomic mass is 32.1. The van der Waals surface area contributed by atoms with E-state index in [-0.39, 0.29) is 24.1 Å². The second-order valence-electron chi connectivity index (χ2n) is 6.31. The minimum absolute atomic E-state index is 0.0806. The van der Waals surface area contributed by atoms with Crippen molar-refractivity contribution in [3.8, 4) is 0 Å². The smallest absolute Gasteiger partial charge is 0.271 e. The summed E-state index contributed by atoms with van der Waals surface area (Å²) in [5.41, 5.74) is 1.37. The summed E-state index contributed by atoms with van der Waals surface area (Å²) in [6.45, 7) is -0.0806. The zero-order valence-corrected chi connectivity index (χ0v) is 17.0. The van der Waals surface area contributed by atoms with Gasteiger partial charge in [0.2, 0.25) is 0 Å². The zero-order valence-electron chi connectivity index (χ0n) is 14.5. The van der Waals surface area contributed by atoms with E-state index in [0.29, 0.717) is 16.6 Å². The lowest BCUT2D eigenvalue weighted by Crippen LogP contribution is -2.33. The Bertz CT molecular complexity index is 1220. The van der Waals surface area contributed by atoms with E-state index < -0.39 is 0 Å². The van der Waals surface area contributed by atoms with Gasteiger partial charge in [-0.15, -0.1) is 34.0 Å². The van der Waals surface area contributed by atoms with E-state index in [9.17, 15) is 9.59 Å². The molecule has 6 nitrogen and oxygen atoms in total. The average molecular weight is 427 g/mol. The van der Waals surface area contributed by atoms with Crippen molar-refractivity contribution < 1.29 is 4.79 Å². The molecule has 9 heteroatoms. The first-order chi connectivity index (χ1) is 13.7.